The van der Waals surface area contributed by atoms with Crippen molar-refractivity contribution in [2.24, 2.45) is 0 Å². The maximum atomic E-state index is 13.7. The second kappa shape index (κ2) is 5.36. The summed E-state index contributed by atoms with van der Waals surface area (Å²) in [6, 6.07) is 4.76. The van der Waals surface area contributed by atoms with Crippen LogP contribution < -0.4 is 5.32 Å². The number of nitrogens with zero attached hydrogens (tertiary/aromatic N) is 1. The largest absolute Gasteiger partial charge is 0.333 e. The Bertz CT molecular complexity index is 466. The first-order valence-electron chi connectivity index (χ1n) is 5.98. The van der Waals surface area contributed by atoms with Crippen LogP contribution in [0.5, 0.6) is 0 Å². The molecule has 1 saturated heterocycles. The summed E-state index contributed by atoms with van der Waals surface area (Å²) in [5, 5.41) is 3.30. The van der Waals surface area contributed by atoms with Gasteiger partial charge < -0.3 is 10.2 Å². The van der Waals surface area contributed by atoms with E-state index in [9.17, 15) is 9.18 Å². The Kier molecular flexibility index (Phi) is 4.02. The molecule has 0 saturated carbocycles. The number of benzene rings is 1. The first-order chi connectivity index (χ1) is 8.49. The Hall–Kier alpha value is -0.940. The van der Waals surface area contributed by atoms with Crippen LogP contribution in [0.15, 0.2) is 22.7 Å². The minimum absolute atomic E-state index is 0.0760. The zero-order valence-corrected chi connectivity index (χ0v) is 12.0. The predicted molar refractivity (Wildman–Crippen MR) is 72.1 cm³/mol. The normalized spacial score (nSPS) is 24.1. The van der Waals surface area contributed by atoms with Gasteiger partial charge >= 0.3 is 0 Å². The van der Waals surface area contributed by atoms with E-state index in [1.54, 1.807) is 11.0 Å². The maximum absolute atomic E-state index is 13.7. The number of piperazine rings is 1. The van der Waals surface area contributed by atoms with Gasteiger partial charge in [-0.05, 0) is 32.0 Å². The molecule has 2 unspecified atom stereocenters. The summed E-state index contributed by atoms with van der Waals surface area (Å²) in [6.07, 6.45) is 0. The second-order valence-electron chi connectivity index (χ2n) is 4.74. The molecule has 1 aromatic carbocycles. The molecule has 1 aromatic rings. The van der Waals surface area contributed by atoms with Crippen LogP contribution in [-0.4, -0.2) is 36.0 Å². The van der Waals surface area contributed by atoms with Gasteiger partial charge in [0.05, 0.1) is 5.56 Å². The molecule has 1 aliphatic heterocycles. The highest BCUT2D eigenvalue weighted by Crippen LogP contribution is 2.19. The van der Waals surface area contributed by atoms with Crippen molar-refractivity contribution in [1.82, 2.24) is 10.2 Å². The van der Waals surface area contributed by atoms with Gasteiger partial charge in [0.2, 0.25) is 0 Å². The van der Waals surface area contributed by atoms with Crippen LogP contribution in [0.2, 0.25) is 0 Å². The highest BCUT2D eigenvalue weighted by atomic mass is 79.9. The first-order valence-corrected chi connectivity index (χ1v) is 6.77. The van der Waals surface area contributed by atoms with E-state index in [0.29, 0.717) is 11.0 Å². The average Bonchev–Trinajstić information content (AvgIpc) is 2.34. The maximum Gasteiger partial charge on any atom is 0.257 e. The molecule has 0 aromatic heterocycles. The van der Waals surface area contributed by atoms with Gasteiger partial charge in [0.25, 0.3) is 5.91 Å². The third kappa shape index (κ3) is 2.72. The summed E-state index contributed by atoms with van der Waals surface area (Å²) < 4.78 is 14.4. The monoisotopic (exact) mass is 314 g/mol. The standard InChI is InChI=1S/C13H16BrFN2O/c1-8-7-17(9(2)6-16-8)13(18)11-5-10(14)3-4-12(11)15/h3-5,8-9,16H,6-7H2,1-2H3. The highest BCUT2D eigenvalue weighted by Gasteiger charge is 2.28. The summed E-state index contributed by atoms with van der Waals surface area (Å²) in [5.41, 5.74) is 0.130. The van der Waals surface area contributed by atoms with Gasteiger partial charge in [0, 0.05) is 29.6 Å². The highest BCUT2D eigenvalue weighted by molar-refractivity contribution is 9.10. The lowest BCUT2D eigenvalue weighted by atomic mass is 10.1. The lowest BCUT2D eigenvalue weighted by molar-refractivity contribution is 0.0611. The van der Waals surface area contributed by atoms with Gasteiger partial charge in [-0.15, -0.1) is 0 Å². The molecule has 3 nitrogen and oxygen atoms in total. The van der Waals surface area contributed by atoms with Crippen LogP contribution >= 0.6 is 15.9 Å². The Balaban J connectivity index is 2.27. The van der Waals surface area contributed by atoms with E-state index in [-0.39, 0.29) is 23.6 Å². The molecule has 2 rings (SSSR count). The first kappa shape index (κ1) is 13.5. The molecule has 1 N–H and O–H groups in total. The van der Waals surface area contributed by atoms with Crippen LogP contribution in [0, 0.1) is 5.82 Å². The molecule has 0 spiro atoms. The number of carbonyl (C=O) groups is 1. The lowest BCUT2D eigenvalue weighted by Crippen LogP contribution is -2.56. The number of halogens is 2. The fraction of sp³-hybridized carbons (Fsp3) is 0.462. The zero-order valence-electron chi connectivity index (χ0n) is 10.4. The molecular formula is C13H16BrFN2O. The molecule has 1 amide bonds. The van der Waals surface area contributed by atoms with E-state index < -0.39 is 5.82 Å². The number of carbonyl (C=O) groups excluding carboxylic acids is 1. The number of rotatable bonds is 1. The van der Waals surface area contributed by atoms with E-state index in [0.717, 1.165) is 6.54 Å². The predicted octanol–water partition coefficient (Wildman–Crippen LogP) is 2.41. The molecule has 1 aliphatic rings. The third-order valence-electron chi connectivity index (χ3n) is 3.18. The van der Waals surface area contributed by atoms with Crippen LogP contribution in [0.3, 0.4) is 0 Å². The van der Waals surface area contributed by atoms with Crippen molar-refractivity contribution in [3.63, 3.8) is 0 Å². The molecule has 0 radical (unpaired) electrons. The van der Waals surface area contributed by atoms with Crippen molar-refractivity contribution in [2.45, 2.75) is 25.9 Å². The van der Waals surface area contributed by atoms with Crippen molar-refractivity contribution >= 4 is 21.8 Å². The Morgan fingerprint density at radius 1 is 1.50 bits per heavy atom. The molecular weight excluding hydrogens is 299 g/mol. The Morgan fingerprint density at radius 3 is 2.94 bits per heavy atom. The molecule has 1 fully saturated rings. The minimum Gasteiger partial charge on any atom is -0.333 e. The third-order valence-corrected chi connectivity index (χ3v) is 3.68. The van der Waals surface area contributed by atoms with Crippen molar-refractivity contribution in [2.75, 3.05) is 13.1 Å². The smallest absolute Gasteiger partial charge is 0.257 e. The average molecular weight is 315 g/mol. The van der Waals surface area contributed by atoms with Gasteiger partial charge in [-0.25, -0.2) is 4.39 Å². The molecule has 18 heavy (non-hydrogen) atoms. The SMILES string of the molecule is CC1CN(C(=O)c2cc(Br)ccc2F)C(C)CN1. The quantitative estimate of drug-likeness (QED) is 0.863. The number of hydrogen-bond acceptors (Lipinski definition) is 2. The minimum atomic E-state index is -0.471. The van der Waals surface area contributed by atoms with Crippen LogP contribution in [0.25, 0.3) is 0 Å². The lowest BCUT2D eigenvalue weighted by Gasteiger charge is -2.37. The van der Waals surface area contributed by atoms with Crippen LogP contribution in [0.1, 0.15) is 24.2 Å². The van der Waals surface area contributed by atoms with Gasteiger partial charge in [0.1, 0.15) is 5.82 Å². The Labute approximate surface area is 114 Å². The van der Waals surface area contributed by atoms with Gasteiger partial charge in [-0.1, -0.05) is 15.9 Å². The summed E-state index contributed by atoms with van der Waals surface area (Å²) in [5.74, 6) is -0.712. The molecule has 1 heterocycles. The zero-order chi connectivity index (χ0) is 13.3. The fourth-order valence-electron chi connectivity index (χ4n) is 2.12. The van der Waals surface area contributed by atoms with Crippen molar-refractivity contribution in [3.05, 3.63) is 34.1 Å². The van der Waals surface area contributed by atoms with E-state index >= 15 is 0 Å². The van der Waals surface area contributed by atoms with Crippen LogP contribution in [0.4, 0.5) is 4.39 Å². The molecule has 2 atom stereocenters. The van der Waals surface area contributed by atoms with Gasteiger partial charge in [-0.2, -0.15) is 0 Å². The summed E-state index contributed by atoms with van der Waals surface area (Å²) in [7, 11) is 0. The summed E-state index contributed by atoms with van der Waals surface area (Å²) in [6.45, 7) is 5.32. The number of nitrogens with one attached hydrogen (secondary N) is 1. The molecule has 98 valence electrons. The molecule has 0 aliphatic carbocycles. The molecule has 5 heteroatoms. The van der Waals surface area contributed by atoms with E-state index in [2.05, 4.69) is 21.2 Å². The van der Waals surface area contributed by atoms with E-state index in [1.807, 2.05) is 13.8 Å². The topological polar surface area (TPSA) is 32.3 Å². The Morgan fingerprint density at radius 2 is 2.22 bits per heavy atom. The summed E-state index contributed by atoms with van der Waals surface area (Å²) >= 11 is 3.27. The number of hydrogen-bond donors (Lipinski definition) is 1. The summed E-state index contributed by atoms with van der Waals surface area (Å²) in [4.78, 5) is 14.1. The van der Waals surface area contributed by atoms with Gasteiger partial charge in [-0.3, -0.25) is 4.79 Å². The van der Waals surface area contributed by atoms with Crippen molar-refractivity contribution in [3.8, 4) is 0 Å². The van der Waals surface area contributed by atoms with E-state index in [1.165, 1.54) is 12.1 Å². The fourth-order valence-corrected chi connectivity index (χ4v) is 2.48. The second-order valence-corrected chi connectivity index (χ2v) is 5.66. The van der Waals surface area contributed by atoms with Crippen molar-refractivity contribution in [1.29, 1.82) is 0 Å². The number of amides is 1. The van der Waals surface area contributed by atoms with Crippen LogP contribution in [-0.2, 0) is 0 Å². The van der Waals surface area contributed by atoms with Gasteiger partial charge in [0.15, 0.2) is 0 Å². The van der Waals surface area contributed by atoms with E-state index in [4.69, 9.17) is 0 Å². The van der Waals surface area contributed by atoms with Crippen molar-refractivity contribution < 1.29 is 9.18 Å². The molecule has 0 bridgehead atoms.